The van der Waals surface area contributed by atoms with E-state index in [0.29, 0.717) is 29.1 Å². The number of carbonyl (C=O) groups is 2. The summed E-state index contributed by atoms with van der Waals surface area (Å²) in [6.07, 6.45) is 5.66. The van der Waals surface area contributed by atoms with E-state index >= 15 is 0 Å². The number of hydrogen-bond acceptors (Lipinski definition) is 5. The molecule has 3 unspecified atom stereocenters. The van der Waals surface area contributed by atoms with E-state index in [1.165, 1.54) is 7.11 Å². The molecule has 1 aliphatic rings. The molecule has 0 saturated heterocycles. The molecule has 10 heteroatoms. The minimum absolute atomic E-state index is 0.00710. The molecular formula is C20H30N6O4. The van der Waals surface area contributed by atoms with Crippen molar-refractivity contribution < 1.29 is 19.4 Å². The van der Waals surface area contributed by atoms with E-state index < -0.39 is 6.09 Å². The quantitative estimate of drug-likeness (QED) is 0.495. The summed E-state index contributed by atoms with van der Waals surface area (Å²) < 4.78 is 6.80. The molecule has 0 bridgehead atoms. The van der Waals surface area contributed by atoms with Gasteiger partial charge in [0.25, 0.3) is 0 Å². The summed E-state index contributed by atoms with van der Waals surface area (Å²) in [5, 5.41) is 25.8. The number of methoxy groups -OCH3 is 1. The highest BCUT2D eigenvalue weighted by Gasteiger charge is 2.29. The van der Waals surface area contributed by atoms with Crippen molar-refractivity contribution in [3.05, 3.63) is 23.5 Å². The number of carbonyl (C=O) groups excluding carboxylic acids is 1. The monoisotopic (exact) mass is 418 g/mol. The Morgan fingerprint density at radius 2 is 2.23 bits per heavy atom. The first-order valence-electron chi connectivity index (χ1n) is 10.3. The maximum Gasteiger partial charge on any atom is 0.404 e. The van der Waals surface area contributed by atoms with Crippen LogP contribution in [0.2, 0.25) is 0 Å². The fourth-order valence-corrected chi connectivity index (χ4v) is 4.26. The zero-order valence-electron chi connectivity index (χ0n) is 17.6. The van der Waals surface area contributed by atoms with Crippen LogP contribution < -0.4 is 15.4 Å². The molecule has 10 nitrogen and oxygen atoms in total. The molecule has 2 aromatic heterocycles. The number of carboxylic acid groups (broad SMARTS) is 1. The molecule has 3 atom stereocenters. The van der Waals surface area contributed by atoms with Crippen LogP contribution in [0.25, 0.3) is 0 Å². The van der Waals surface area contributed by atoms with Crippen LogP contribution in [0.3, 0.4) is 0 Å². The molecule has 30 heavy (non-hydrogen) atoms. The molecule has 1 aliphatic carbocycles. The van der Waals surface area contributed by atoms with Crippen molar-refractivity contribution >= 4 is 17.8 Å². The largest absolute Gasteiger partial charge is 0.480 e. The lowest BCUT2D eigenvalue weighted by molar-refractivity contribution is -0.115. The SMILES string of the molecule is CCC(CC1CCC(c2cc(NC(=O)Cc3cn(C)nc3OC)n[nH]2)C1)NC(=O)O. The smallest absolute Gasteiger partial charge is 0.404 e. The first-order valence-corrected chi connectivity index (χ1v) is 10.3. The van der Waals surface area contributed by atoms with Gasteiger partial charge in [-0.25, -0.2) is 4.79 Å². The van der Waals surface area contributed by atoms with Gasteiger partial charge in [-0.1, -0.05) is 6.92 Å². The Hall–Kier alpha value is -3.04. The Kier molecular flexibility index (Phi) is 6.96. The molecule has 0 aliphatic heterocycles. The van der Waals surface area contributed by atoms with Crippen LogP contribution in [0.1, 0.15) is 56.2 Å². The minimum atomic E-state index is -0.964. The first-order chi connectivity index (χ1) is 14.4. The highest BCUT2D eigenvalue weighted by atomic mass is 16.5. The summed E-state index contributed by atoms with van der Waals surface area (Å²) in [6, 6.07) is 1.88. The number of hydrogen-bond donors (Lipinski definition) is 4. The molecule has 0 spiro atoms. The molecule has 2 amide bonds. The molecule has 1 fully saturated rings. The zero-order chi connectivity index (χ0) is 21.7. The van der Waals surface area contributed by atoms with Gasteiger partial charge in [0, 0.05) is 42.5 Å². The van der Waals surface area contributed by atoms with Crippen molar-refractivity contribution in [1.29, 1.82) is 0 Å². The Morgan fingerprint density at radius 1 is 1.43 bits per heavy atom. The standard InChI is InChI=1S/C20H30N6O4/c1-4-15(21-20(28)29)8-12-5-6-13(7-12)16-10-17(24-23-16)22-18(27)9-14-11-26(2)25-19(14)30-3/h10-13,15,21H,4-9H2,1-3H3,(H,28,29)(H2,22,23,24,27). The number of ether oxygens (including phenoxy) is 1. The van der Waals surface area contributed by atoms with E-state index in [0.717, 1.165) is 37.8 Å². The highest BCUT2D eigenvalue weighted by molar-refractivity contribution is 5.91. The fourth-order valence-electron chi connectivity index (χ4n) is 4.26. The van der Waals surface area contributed by atoms with E-state index in [1.807, 2.05) is 13.0 Å². The first kappa shape index (κ1) is 21.7. The topological polar surface area (TPSA) is 134 Å². The average Bonchev–Trinajstić information content (AvgIpc) is 3.41. The molecule has 3 rings (SSSR count). The molecule has 0 radical (unpaired) electrons. The van der Waals surface area contributed by atoms with Crippen LogP contribution in [-0.4, -0.2) is 50.2 Å². The predicted molar refractivity (Wildman–Crippen MR) is 111 cm³/mol. The van der Waals surface area contributed by atoms with Gasteiger partial charge in [0.15, 0.2) is 5.82 Å². The third kappa shape index (κ3) is 5.52. The van der Waals surface area contributed by atoms with Crippen LogP contribution in [0.4, 0.5) is 10.6 Å². The van der Waals surface area contributed by atoms with E-state index in [4.69, 9.17) is 9.84 Å². The van der Waals surface area contributed by atoms with E-state index in [2.05, 4.69) is 25.9 Å². The number of anilines is 1. The molecular weight excluding hydrogens is 388 g/mol. The Bertz CT molecular complexity index is 877. The number of aromatic nitrogens is 4. The van der Waals surface area contributed by atoms with E-state index in [9.17, 15) is 9.59 Å². The summed E-state index contributed by atoms with van der Waals surface area (Å²) in [6.45, 7) is 2.00. The van der Waals surface area contributed by atoms with Crippen LogP contribution >= 0.6 is 0 Å². The van der Waals surface area contributed by atoms with Gasteiger partial charge < -0.3 is 20.5 Å². The molecule has 1 saturated carbocycles. The van der Waals surface area contributed by atoms with Crippen LogP contribution in [0, 0.1) is 5.92 Å². The second kappa shape index (κ2) is 9.64. The van der Waals surface area contributed by atoms with Crippen molar-refractivity contribution in [1.82, 2.24) is 25.3 Å². The van der Waals surface area contributed by atoms with Gasteiger partial charge in [0.2, 0.25) is 11.8 Å². The number of aromatic amines is 1. The Morgan fingerprint density at radius 3 is 2.93 bits per heavy atom. The van der Waals surface area contributed by atoms with Crippen LogP contribution in [0.15, 0.2) is 12.3 Å². The lowest BCUT2D eigenvalue weighted by atomic mass is 9.95. The van der Waals surface area contributed by atoms with Gasteiger partial charge in [0.05, 0.1) is 13.5 Å². The third-order valence-corrected chi connectivity index (χ3v) is 5.69. The number of nitrogens with one attached hydrogen (secondary N) is 3. The molecule has 164 valence electrons. The summed E-state index contributed by atoms with van der Waals surface area (Å²) >= 11 is 0. The second-order valence-corrected chi connectivity index (χ2v) is 7.94. The fraction of sp³-hybridized carbons (Fsp3) is 0.600. The van der Waals surface area contributed by atoms with Gasteiger partial charge in [-0.2, -0.15) is 5.10 Å². The van der Waals surface area contributed by atoms with Gasteiger partial charge >= 0.3 is 6.09 Å². The predicted octanol–water partition coefficient (Wildman–Crippen LogP) is 2.65. The van der Waals surface area contributed by atoms with Gasteiger partial charge in [-0.3, -0.25) is 14.6 Å². The van der Waals surface area contributed by atoms with E-state index in [-0.39, 0.29) is 18.4 Å². The number of nitrogens with zero attached hydrogens (tertiary/aromatic N) is 3. The van der Waals surface area contributed by atoms with Gasteiger partial charge in [-0.05, 0) is 38.0 Å². The second-order valence-electron chi connectivity index (χ2n) is 7.94. The summed E-state index contributed by atoms with van der Waals surface area (Å²) in [4.78, 5) is 23.3. The molecule has 0 aromatic carbocycles. The van der Waals surface area contributed by atoms with Crippen molar-refractivity contribution in [3.8, 4) is 5.88 Å². The molecule has 2 aromatic rings. The Balaban J connectivity index is 1.52. The number of rotatable bonds is 9. The van der Waals surface area contributed by atoms with Crippen molar-refractivity contribution in [2.24, 2.45) is 13.0 Å². The van der Waals surface area contributed by atoms with E-state index in [1.54, 1.807) is 17.9 Å². The van der Waals surface area contributed by atoms with Crippen molar-refractivity contribution in [3.63, 3.8) is 0 Å². The maximum atomic E-state index is 12.4. The highest BCUT2D eigenvalue weighted by Crippen LogP contribution is 2.40. The van der Waals surface area contributed by atoms with Crippen molar-refractivity contribution in [2.45, 2.75) is 57.4 Å². The van der Waals surface area contributed by atoms with Crippen LogP contribution in [-0.2, 0) is 18.3 Å². The summed E-state index contributed by atoms with van der Waals surface area (Å²) in [5.74, 6) is 1.57. The summed E-state index contributed by atoms with van der Waals surface area (Å²) in [7, 11) is 3.30. The normalized spacial score (nSPS) is 19.4. The lowest BCUT2D eigenvalue weighted by Crippen LogP contribution is -2.34. The minimum Gasteiger partial charge on any atom is -0.480 e. The van der Waals surface area contributed by atoms with Gasteiger partial charge in [-0.15, -0.1) is 5.10 Å². The maximum absolute atomic E-state index is 12.4. The third-order valence-electron chi connectivity index (χ3n) is 5.69. The number of H-pyrrole nitrogens is 1. The van der Waals surface area contributed by atoms with Crippen molar-refractivity contribution in [2.75, 3.05) is 12.4 Å². The molecule has 2 heterocycles. The lowest BCUT2D eigenvalue weighted by Gasteiger charge is -2.19. The zero-order valence-corrected chi connectivity index (χ0v) is 17.6. The Labute approximate surface area is 175 Å². The average molecular weight is 418 g/mol. The number of amides is 2. The van der Waals surface area contributed by atoms with Gasteiger partial charge in [0.1, 0.15) is 0 Å². The summed E-state index contributed by atoms with van der Waals surface area (Å²) in [5.41, 5.74) is 1.72. The molecule has 4 N–H and O–H groups in total. The number of aryl methyl sites for hydroxylation is 1. The van der Waals surface area contributed by atoms with Crippen LogP contribution in [0.5, 0.6) is 5.88 Å².